The third kappa shape index (κ3) is 1.50. The second kappa shape index (κ2) is 3.51. The number of aromatic amines is 1. The van der Waals surface area contributed by atoms with Gasteiger partial charge in [-0.05, 0) is 0 Å². The Balaban J connectivity index is 2.27. The molecule has 2 aromatic heterocycles. The van der Waals surface area contributed by atoms with E-state index < -0.39 is 0 Å². The molecule has 0 saturated carbocycles. The number of aryl methyl sites for hydroxylation is 1. The number of imidazole rings is 1. The highest BCUT2D eigenvalue weighted by Gasteiger charge is 2.09. The molecule has 3 aromatic rings. The quantitative estimate of drug-likeness (QED) is 0.664. The predicted octanol–water partition coefficient (Wildman–Crippen LogP) is 0.719. The number of nitrogens with zero attached hydrogens (tertiary/aromatic N) is 4. The minimum Gasteiger partial charge on any atom is -0.287 e. The maximum Gasteiger partial charge on any atom is 0.328 e. The zero-order valence-corrected chi connectivity index (χ0v) is 9.08. The zero-order valence-electron chi connectivity index (χ0n) is 9.08. The fraction of sp³-hybridized carbons (Fsp3) is 0.0909. The van der Waals surface area contributed by atoms with Gasteiger partial charge in [0.1, 0.15) is 0 Å². The smallest absolute Gasteiger partial charge is 0.287 e. The van der Waals surface area contributed by atoms with Gasteiger partial charge in [-0.2, -0.15) is 0 Å². The normalized spacial score (nSPS) is 10.9. The first-order chi connectivity index (χ1) is 8.25. The Labute approximate surface area is 96.0 Å². The molecule has 0 unspecified atom stereocenters. The van der Waals surface area contributed by atoms with Gasteiger partial charge in [-0.15, -0.1) is 10.2 Å². The maximum absolute atomic E-state index is 11.4. The van der Waals surface area contributed by atoms with Crippen LogP contribution in [-0.2, 0) is 7.05 Å². The van der Waals surface area contributed by atoms with Gasteiger partial charge in [0.05, 0.1) is 0 Å². The molecule has 0 amide bonds. The summed E-state index contributed by atoms with van der Waals surface area (Å²) in [5.41, 5.74) is 1.53. The summed E-state index contributed by atoms with van der Waals surface area (Å²) in [7, 11) is 1.64. The first-order valence-electron chi connectivity index (χ1n) is 5.10. The highest BCUT2D eigenvalue weighted by molar-refractivity contribution is 5.68. The lowest BCUT2D eigenvalue weighted by molar-refractivity contribution is 0.877. The van der Waals surface area contributed by atoms with E-state index in [2.05, 4.69) is 20.2 Å². The van der Waals surface area contributed by atoms with Crippen LogP contribution in [0.15, 0.2) is 35.1 Å². The van der Waals surface area contributed by atoms with E-state index in [1.165, 1.54) is 4.57 Å². The second-order valence-corrected chi connectivity index (χ2v) is 3.66. The van der Waals surface area contributed by atoms with Crippen molar-refractivity contribution in [2.75, 3.05) is 0 Å². The van der Waals surface area contributed by atoms with E-state index in [0.29, 0.717) is 17.1 Å². The lowest BCUT2D eigenvalue weighted by atomic mass is 10.2. The largest absolute Gasteiger partial charge is 0.328 e. The highest BCUT2D eigenvalue weighted by Crippen LogP contribution is 2.14. The molecule has 17 heavy (non-hydrogen) atoms. The van der Waals surface area contributed by atoms with Gasteiger partial charge in [-0.25, -0.2) is 9.78 Å². The van der Waals surface area contributed by atoms with Gasteiger partial charge in [0.15, 0.2) is 17.1 Å². The average molecular weight is 227 g/mol. The van der Waals surface area contributed by atoms with Crippen LogP contribution < -0.4 is 5.69 Å². The lowest BCUT2D eigenvalue weighted by Gasteiger charge is -1.98. The van der Waals surface area contributed by atoms with Gasteiger partial charge in [0, 0.05) is 12.6 Å². The monoisotopic (exact) mass is 227 g/mol. The predicted molar refractivity (Wildman–Crippen MR) is 62.4 cm³/mol. The van der Waals surface area contributed by atoms with Crippen molar-refractivity contribution in [1.29, 1.82) is 0 Å². The van der Waals surface area contributed by atoms with Gasteiger partial charge >= 0.3 is 5.69 Å². The van der Waals surface area contributed by atoms with E-state index >= 15 is 0 Å². The summed E-state index contributed by atoms with van der Waals surface area (Å²) in [6, 6.07) is 9.51. The van der Waals surface area contributed by atoms with Crippen LogP contribution in [0, 0.1) is 0 Å². The van der Waals surface area contributed by atoms with Crippen LogP contribution in [0.4, 0.5) is 0 Å². The molecule has 0 radical (unpaired) electrons. The minimum atomic E-state index is -0.244. The molecule has 1 N–H and O–H groups in total. The van der Waals surface area contributed by atoms with Gasteiger partial charge in [0.25, 0.3) is 0 Å². The van der Waals surface area contributed by atoms with E-state index in [1.807, 2.05) is 30.3 Å². The molecule has 0 spiro atoms. The molecule has 84 valence electrons. The van der Waals surface area contributed by atoms with Crippen molar-refractivity contribution < 1.29 is 0 Å². The number of aromatic nitrogens is 5. The molecular formula is C11H9N5O. The molecule has 0 aliphatic rings. The molecule has 0 aliphatic carbocycles. The molecular weight excluding hydrogens is 218 g/mol. The molecule has 6 heteroatoms. The van der Waals surface area contributed by atoms with E-state index in [9.17, 15) is 4.79 Å². The van der Waals surface area contributed by atoms with E-state index in [1.54, 1.807) is 7.05 Å². The van der Waals surface area contributed by atoms with Crippen molar-refractivity contribution in [3.63, 3.8) is 0 Å². The fourth-order valence-corrected chi connectivity index (χ4v) is 1.62. The molecule has 0 fully saturated rings. The Morgan fingerprint density at radius 1 is 1.18 bits per heavy atom. The number of fused-ring (bicyclic) bond motifs is 1. The summed E-state index contributed by atoms with van der Waals surface area (Å²) >= 11 is 0. The maximum atomic E-state index is 11.4. The van der Waals surface area contributed by atoms with Crippen LogP contribution in [0.2, 0.25) is 0 Å². The third-order valence-electron chi connectivity index (χ3n) is 2.55. The molecule has 0 atom stereocenters. The van der Waals surface area contributed by atoms with Crippen LogP contribution in [0.5, 0.6) is 0 Å². The van der Waals surface area contributed by atoms with Crippen molar-refractivity contribution in [1.82, 2.24) is 24.7 Å². The molecule has 0 bridgehead atoms. The third-order valence-corrected chi connectivity index (χ3v) is 2.55. The summed E-state index contributed by atoms with van der Waals surface area (Å²) in [6.45, 7) is 0. The second-order valence-electron chi connectivity index (χ2n) is 3.66. The van der Waals surface area contributed by atoms with Gasteiger partial charge in [-0.1, -0.05) is 30.3 Å². The minimum absolute atomic E-state index is 0.244. The van der Waals surface area contributed by atoms with Gasteiger partial charge in [0.2, 0.25) is 0 Å². The summed E-state index contributed by atoms with van der Waals surface area (Å²) < 4.78 is 1.41. The van der Waals surface area contributed by atoms with Crippen LogP contribution in [0.25, 0.3) is 22.7 Å². The molecule has 0 aliphatic heterocycles. The SMILES string of the molecule is Cn1c(=O)[nH]c2nnc(-c3ccccc3)nc21. The number of benzene rings is 1. The van der Waals surface area contributed by atoms with Crippen molar-refractivity contribution in [2.24, 2.45) is 7.05 Å². The molecule has 0 saturated heterocycles. The average Bonchev–Trinajstić information content (AvgIpc) is 2.66. The van der Waals surface area contributed by atoms with Crippen molar-refractivity contribution in [3.8, 4) is 11.4 Å². The Bertz CT molecular complexity index is 728. The number of rotatable bonds is 1. The zero-order chi connectivity index (χ0) is 11.8. The number of H-pyrrole nitrogens is 1. The number of hydrogen-bond donors (Lipinski definition) is 1. The van der Waals surface area contributed by atoms with E-state index in [0.717, 1.165) is 5.56 Å². The first-order valence-corrected chi connectivity index (χ1v) is 5.10. The van der Waals surface area contributed by atoms with Crippen LogP contribution in [0.1, 0.15) is 0 Å². The van der Waals surface area contributed by atoms with Gasteiger partial charge in [-0.3, -0.25) is 9.55 Å². The van der Waals surface area contributed by atoms with Crippen LogP contribution in [0.3, 0.4) is 0 Å². The Kier molecular flexibility index (Phi) is 2.01. The molecule has 3 rings (SSSR count). The topological polar surface area (TPSA) is 76.5 Å². The standard InChI is InChI=1S/C11H9N5O/c1-16-10-9(13-11(16)17)15-14-8(12-10)7-5-3-2-4-6-7/h2-6H,1H3,(H,13,15,17). The first kappa shape index (κ1) is 9.71. The Morgan fingerprint density at radius 2 is 1.94 bits per heavy atom. The van der Waals surface area contributed by atoms with Crippen molar-refractivity contribution in [2.45, 2.75) is 0 Å². The highest BCUT2D eigenvalue weighted by atomic mass is 16.1. The number of nitrogens with one attached hydrogen (secondary N) is 1. The summed E-state index contributed by atoms with van der Waals surface area (Å²) in [4.78, 5) is 18.3. The summed E-state index contributed by atoms with van der Waals surface area (Å²) in [5, 5.41) is 7.94. The van der Waals surface area contributed by atoms with Crippen LogP contribution >= 0.6 is 0 Å². The molecule has 2 heterocycles. The van der Waals surface area contributed by atoms with E-state index in [-0.39, 0.29) is 5.69 Å². The molecule has 1 aromatic carbocycles. The van der Waals surface area contributed by atoms with Crippen molar-refractivity contribution in [3.05, 3.63) is 40.8 Å². The fourth-order valence-electron chi connectivity index (χ4n) is 1.62. The summed E-state index contributed by atoms with van der Waals surface area (Å²) in [6.07, 6.45) is 0. The van der Waals surface area contributed by atoms with Gasteiger partial charge < -0.3 is 0 Å². The molecule has 6 nitrogen and oxygen atoms in total. The van der Waals surface area contributed by atoms with E-state index in [4.69, 9.17) is 0 Å². The Hall–Kier alpha value is -2.50. The van der Waals surface area contributed by atoms with Crippen molar-refractivity contribution >= 4 is 11.3 Å². The number of hydrogen-bond acceptors (Lipinski definition) is 4. The lowest BCUT2D eigenvalue weighted by Crippen LogP contribution is -2.12. The van der Waals surface area contributed by atoms with Crippen LogP contribution in [-0.4, -0.2) is 24.7 Å². The Morgan fingerprint density at radius 3 is 2.71 bits per heavy atom. The summed E-state index contributed by atoms with van der Waals surface area (Å²) in [5.74, 6) is 0.507.